The van der Waals surface area contributed by atoms with E-state index in [2.05, 4.69) is 4.72 Å². The van der Waals surface area contributed by atoms with Crippen molar-refractivity contribution in [1.82, 2.24) is 4.72 Å². The summed E-state index contributed by atoms with van der Waals surface area (Å²) in [7, 11) is -3.27. The van der Waals surface area contributed by atoms with E-state index in [4.69, 9.17) is 0 Å². The third-order valence-corrected chi connectivity index (χ3v) is 5.82. The van der Waals surface area contributed by atoms with Gasteiger partial charge in [-0.2, -0.15) is 11.3 Å². The maximum Gasteiger partial charge on any atom is 0.211 e. The molecule has 0 spiro atoms. The Bertz CT molecular complexity index is 464. The highest BCUT2D eigenvalue weighted by Gasteiger charge is 2.22. The Morgan fingerprint density at radius 1 is 1.37 bits per heavy atom. The van der Waals surface area contributed by atoms with Crippen LogP contribution in [0.4, 0.5) is 0 Å². The van der Waals surface area contributed by atoms with Crippen molar-refractivity contribution in [1.29, 1.82) is 0 Å². The summed E-state index contributed by atoms with van der Waals surface area (Å²) in [5.74, 6) is 0.480. The summed E-state index contributed by atoms with van der Waals surface area (Å²) in [4.78, 5) is 0. The summed E-state index contributed by atoms with van der Waals surface area (Å²) >= 11 is 1.49. The van der Waals surface area contributed by atoms with Gasteiger partial charge in [-0.25, -0.2) is 13.1 Å². The molecule has 19 heavy (non-hydrogen) atoms. The number of nitrogens with one attached hydrogen (secondary N) is 1. The highest BCUT2D eigenvalue weighted by Crippen LogP contribution is 2.24. The second-order valence-electron chi connectivity index (χ2n) is 5.21. The second-order valence-corrected chi connectivity index (χ2v) is 7.84. The van der Waals surface area contributed by atoms with Crippen LogP contribution in [0.2, 0.25) is 0 Å². The van der Waals surface area contributed by atoms with Crippen molar-refractivity contribution in [2.45, 2.75) is 38.2 Å². The zero-order valence-corrected chi connectivity index (χ0v) is 12.5. The molecule has 6 heteroatoms. The van der Waals surface area contributed by atoms with Crippen molar-refractivity contribution < 1.29 is 13.5 Å². The van der Waals surface area contributed by atoms with Crippen molar-refractivity contribution in [3.8, 4) is 0 Å². The van der Waals surface area contributed by atoms with Gasteiger partial charge in [-0.1, -0.05) is 19.3 Å². The zero-order chi connectivity index (χ0) is 13.7. The van der Waals surface area contributed by atoms with Gasteiger partial charge in [-0.05, 0) is 41.1 Å². The average Bonchev–Trinajstić information content (AvgIpc) is 2.91. The van der Waals surface area contributed by atoms with Crippen LogP contribution in [0.1, 0.15) is 43.8 Å². The minimum absolute atomic E-state index is 0.0613. The molecule has 0 bridgehead atoms. The van der Waals surface area contributed by atoms with E-state index in [-0.39, 0.29) is 18.2 Å². The van der Waals surface area contributed by atoms with Crippen LogP contribution in [0.25, 0.3) is 0 Å². The van der Waals surface area contributed by atoms with Crippen molar-refractivity contribution in [3.05, 3.63) is 22.4 Å². The van der Waals surface area contributed by atoms with Gasteiger partial charge in [0, 0.05) is 6.54 Å². The molecule has 0 aromatic carbocycles. The van der Waals surface area contributed by atoms with Gasteiger partial charge in [-0.15, -0.1) is 0 Å². The number of sulfonamides is 1. The summed E-state index contributed by atoms with van der Waals surface area (Å²) < 4.78 is 26.4. The summed E-state index contributed by atoms with van der Waals surface area (Å²) in [6.45, 7) is 0.0613. The van der Waals surface area contributed by atoms with Crippen molar-refractivity contribution in [2.75, 3.05) is 12.3 Å². The van der Waals surface area contributed by atoms with E-state index in [9.17, 15) is 13.5 Å². The van der Waals surface area contributed by atoms with E-state index in [0.29, 0.717) is 0 Å². The highest BCUT2D eigenvalue weighted by atomic mass is 32.2. The van der Waals surface area contributed by atoms with Crippen LogP contribution < -0.4 is 4.72 Å². The quantitative estimate of drug-likeness (QED) is 0.847. The third-order valence-electron chi connectivity index (χ3n) is 3.60. The molecular formula is C13H21NO3S2. The maximum absolute atomic E-state index is 12.0. The lowest BCUT2D eigenvalue weighted by Crippen LogP contribution is -2.33. The minimum atomic E-state index is -3.27. The lowest BCUT2D eigenvalue weighted by molar-refractivity contribution is 0.182. The molecule has 2 N–H and O–H groups in total. The number of hydrogen-bond donors (Lipinski definition) is 2. The predicted molar refractivity (Wildman–Crippen MR) is 77.6 cm³/mol. The lowest BCUT2D eigenvalue weighted by atomic mass is 9.91. The van der Waals surface area contributed by atoms with Crippen LogP contribution in [0, 0.1) is 5.92 Å². The Kier molecular flexibility index (Phi) is 5.38. The fraction of sp³-hybridized carbons (Fsp3) is 0.692. The topological polar surface area (TPSA) is 66.4 Å². The van der Waals surface area contributed by atoms with Crippen LogP contribution in [-0.2, 0) is 10.0 Å². The zero-order valence-electron chi connectivity index (χ0n) is 10.9. The van der Waals surface area contributed by atoms with Crippen molar-refractivity contribution >= 4 is 21.4 Å². The van der Waals surface area contributed by atoms with E-state index in [1.165, 1.54) is 17.8 Å². The van der Waals surface area contributed by atoms with Crippen LogP contribution in [0.15, 0.2) is 16.8 Å². The molecule has 0 radical (unpaired) electrons. The molecular weight excluding hydrogens is 282 g/mol. The first-order chi connectivity index (χ1) is 9.07. The van der Waals surface area contributed by atoms with Crippen molar-refractivity contribution in [2.24, 2.45) is 5.92 Å². The maximum atomic E-state index is 12.0. The van der Waals surface area contributed by atoms with E-state index < -0.39 is 16.1 Å². The van der Waals surface area contributed by atoms with Gasteiger partial charge in [0.25, 0.3) is 0 Å². The van der Waals surface area contributed by atoms with Gasteiger partial charge in [-0.3, -0.25) is 0 Å². The van der Waals surface area contributed by atoms with Crippen LogP contribution in [-0.4, -0.2) is 25.8 Å². The molecule has 0 amide bonds. The van der Waals surface area contributed by atoms with Gasteiger partial charge < -0.3 is 5.11 Å². The first-order valence-corrected chi connectivity index (χ1v) is 9.34. The van der Waals surface area contributed by atoms with Gasteiger partial charge >= 0.3 is 0 Å². The van der Waals surface area contributed by atoms with Gasteiger partial charge in [0.15, 0.2) is 0 Å². The van der Waals surface area contributed by atoms with Crippen LogP contribution in [0.3, 0.4) is 0 Å². The fourth-order valence-corrected chi connectivity index (χ4v) is 4.70. The van der Waals surface area contributed by atoms with Crippen LogP contribution >= 0.6 is 11.3 Å². The molecule has 108 valence electrons. The Labute approximate surface area is 118 Å². The van der Waals surface area contributed by atoms with E-state index in [0.717, 1.165) is 31.2 Å². The molecule has 1 atom stereocenters. The molecule has 4 nitrogen and oxygen atoms in total. The molecule has 1 aromatic heterocycles. The Morgan fingerprint density at radius 3 is 2.74 bits per heavy atom. The molecule has 1 fully saturated rings. The second kappa shape index (κ2) is 6.83. The summed E-state index contributed by atoms with van der Waals surface area (Å²) in [5, 5.41) is 13.6. The lowest BCUT2D eigenvalue weighted by Gasteiger charge is -2.21. The van der Waals surface area contributed by atoms with Crippen LogP contribution in [0.5, 0.6) is 0 Å². The molecule has 1 unspecified atom stereocenters. The molecule has 1 aromatic rings. The third kappa shape index (κ3) is 4.87. The average molecular weight is 303 g/mol. The Morgan fingerprint density at radius 2 is 2.11 bits per heavy atom. The first kappa shape index (κ1) is 15.0. The molecule has 1 heterocycles. The summed E-state index contributed by atoms with van der Waals surface area (Å²) in [6, 6.07) is 1.81. The summed E-state index contributed by atoms with van der Waals surface area (Å²) in [6.07, 6.45) is 4.76. The number of hydrogen-bond acceptors (Lipinski definition) is 4. The van der Waals surface area contributed by atoms with Gasteiger partial charge in [0.05, 0.1) is 11.9 Å². The van der Waals surface area contributed by atoms with Crippen molar-refractivity contribution in [3.63, 3.8) is 0 Å². The fourth-order valence-electron chi connectivity index (χ4n) is 2.51. The standard InChI is InChI=1S/C13H21NO3S2/c15-13(12-6-7-18-9-12)8-14-19(16,17)10-11-4-2-1-3-5-11/h6-7,9,11,13-15H,1-5,8,10H2. The van der Waals surface area contributed by atoms with E-state index in [1.54, 1.807) is 0 Å². The molecule has 0 aliphatic heterocycles. The molecule has 1 aliphatic rings. The van der Waals surface area contributed by atoms with E-state index >= 15 is 0 Å². The van der Waals surface area contributed by atoms with E-state index in [1.807, 2.05) is 16.8 Å². The molecule has 2 rings (SSSR count). The largest absolute Gasteiger partial charge is 0.387 e. The molecule has 1 saturated carbocycles. The minimum Gasteiger partial charge on any atom is -0.387 e. The molecule has 0 saturated heterocycles. The Balaban J connectivity index is 1.80. The van der Waals surface area contributed by atoms with Gasteiger partial charge in [0.1, 0.15) is 0 Å². The van der Waals surface area contributed by atoms with Gasteiger partial charge in [0.2, 0.25) is 10.0 Å². The number of aliphatic hydroxyl groups is 1. The highest BCUT2D eigenvalue weighted by molar-refractivity contribution is 7.89. The number of thiophene rings is 1. The Hall–Kier alpha value is -0.430. The summed E-state index contributed by atoms with van der Waals surface area (Å²) in [5.41, 5.74) is 0.769. The number of aliphatic hydroxyl groups excluding tert-OH is 1. The SMILES string of the molecule is O=S(=O)(CC1CCCCC1)NCC(O)c1ccsc1. The molecule has 1 aliphatic carbocycles. The predicted octanol–water partition coefficient (Wildman–Crippen LogP) is 2.28. The monoisotopic (exact) mass is 303 g/mol. The number of rotatable bonds is 6. The first-order valence-electron chi connectivity index (χ1n) is 6.74. The smallest absolute Gasteiger partial charge is 0.211 e. The normalized spacial score (nSPS) is 19.4.